The van der Waals surface area contributed by atoms with Gasteiger partial charge in [0.05, 0.1) is 15.6 Å². The van der Waals surface area contributed by atoms with Crippen LogP contribution in [0.25, 0.3) is 0 Å². The fourth-order valence-corrected chi connectivity index (χ4v) is 2.10. The van der Waals surface area contributed by atoms with Crippen LogP contribution in [0.3, 0.4) is 0 Å². The van der Waals surface area contributed by atoms with E-state index in [0.717, 1.165) is 11.3 Å². The Labute approximate surface area is 79.8 Å². The van der Waals surface area contributed by atoms with Crippen molar-refractivity contribution in [2.24, 2.45) is 5.73 Å². The standard InChI is InChI=1S/C8H12F2N2S/c1-4(11)3-6-12-5(2)7(13-6)8(9)10/h4,8H,3,11H2,1-2H3. The van der Waals surface area contributed by atoms with Crippen molar-refractivity contribution < 1.29 is 8.78 Å². The van der Waals surface area contributed by atoms with E-state index < -0.39 is 6.43 Å². The van der Waals surface area contributed by atoms with Crippen molar-refractivity contribution >= 4 is 11.3 Å². The molecule has 5 heteroatoms. The second kappa shape index (κ2) is 4.11. The lowest BCUT2D eigenvalue weighted by Gasteiger charge is -1.98. The third kappa shape index (κ3) is 2.70. The van der Waals surface area contributed by atoms with E-state index in [2.05, 4.69) is 4.98 Å². The lowest BCUT2D eigenvalue weighted by Crippen LogP contribution is -2.17. The maximum absolute atomic E-state index is 12.3. The molecule has 1 rings (SSSR count). The van der Waals surface area contributed by atoms with Gasteiger partial charge in [-0.2, -0.15) is 0 Å². The van der Waals surface area contributed by atoms with E-state index >= 15 is 0 Å². The fourth-order valence-electron chi connectivity index (χ4n) is 1.03. The first-order valence-electron chi connectivity index (χ1n) is 4.00. The van der Waals surface area contributed by atoms with Crippen LogP contribution < -0.4 is 5.73 Å². The molecular formula is C8H12F2N2S. The summed E-state index contributed by atoms with van der Waals surface area (Å²) in [6.45, 7) is 3.43. The Morgan fingerprint density at radius 1 is 1.54 bits per heavy atom. The Hall–Kier alpha value is -0.550. The van der Waals surface area contributed by atoms with E-state index in [9.17, 15) is 8.78 Å². The molecule has 74 valence electrons. The molecule has 0 amide bonds. The van der Waals surface area contributed by atoms with Gasteiger partial charge < -0.3 is 5.73 Å². The van der Waals surface area contributed by atoms with Crippen LogP contribution in [0.4, 0.5) is 8.78 Å². The van der Waals surface area contributed by atoms with E-state index in [1.807, 2.05) is 6.92 Å². The molecular weight excluding hydrogens is 194 g/mol. The monoisotopic (exact) mass is 206 g/mol. The normalized spacial score (nSPS) is 13.7. The highest BCUT2D eigenvalue weighted by Crippen LogP contribution is 2.28. The minimum Gasteiger partial charge on any atom is -0.328 e. The Bertz CT molecular complexity index is 284. The largest absolute Gasteiger partial charge is 0.328 e. The van der Waals surface area contributed by atoms with Crippen molar-refractivity contribution in [1.82, 2.24) is 4.98 Å². The number of rotatable bonds is 3. The molecule has 1 heterocycles. The average molecular weight is 206 g/mol. The van der Waals surface area contributed by atoms with Gasteiger partial charge in [-0.25, -0.2) is 13.8 Å². The lowest BCUT2D eigenvalue weighted by molar-refractivity contribution is 0.154. The van der Waals surface area contributed by atoms with E-state index in [1.165, 1.54) is 0 Å². The quantitative estimate of drug-likeness (QED) is 0.824. The third-order valence-corrected chi connectivity index (χ3v) is 2.76. The Balaban J connectivity index is 2.82. The molecule has 0 aromatic carbocycles. The molecule has 0 radical (unpaired) electrons. The van der Waals surface area contributed by atoms with Crippen molar-refractivity contribution in [3.8, 4) is 0 Å². The first-order valence-corrected chi connectivity index (χ1v) is 4.82. The maximum Gasteiger partial charge on any atom is 0.274 e. The van der Waals surface area contributed by atoms with E-state index in [-0.39, 0.29) is 10.9 Å². The predicted octanol–water partition coefficient (Wildman–Crippen LogP) is 2.28. The van der Waals surface area contributed by atoms with E-state index in [4.69, 9.17) is 5.73 Å². The van der Waals surface area contributed by atoms with Gasteiger partial charge >= 0.3 is 0 Å². The van der Waals surface area contributed by atoms with E-state index in [1.54, 1.807) is 6.92 Å². The molecule has 0 aliphatic heterocycles. The second-order valence-corrected chi connectivity index (χ2v) is 4.15. The van der Waals surface area contributed by atoms with Crippen molar-refractivity contribution in [2.45, 2.75) is 32.7 Å². The minimum atomic E-state index is -2.42. The SMILES string of the molecule is Cc1nc(CC(C)N)sc1C(F)F. The molecule has 2 nitrogen and oxygen atoms in total. The number of halogens is 2. The highest BCUT2D eigenvalue weighted by Gasteiger charge is 2.16. The number of hydrogen-bond donors (Lipinski definition) is 1. The summed E-state index contributed by atoms with van der Waals surface area (Å²) in [4.78, 5) is 4.10. The Kier molecular flexibility index (Phi) is 3.33. The number of alkyl halides is 2. The second-order valence-electron chi connectivity index (χ2n) is 3.04. The third-order valence-electron chi connectivity index (χ3n) is 1.57. The molecule has 0 aliphatic rings. The van der Waals surface area contributed by atoms with Gasteiger partial charge in [-0.05, 0) is 13.8 Å². The van der Waals surface area contributed by atoms with Gasteiger partial charge in [-0.1, -0.05) is 0 Å². The van der Waals surface area contributed by atoms with Crippen LogP contribution in [-0.2, 0) is 6.42 Å². The molecule has 13 heavy (non-hydrogen) atoms. The van der Waals surface area contributed by atoms with Gasteiger partial charge in [-0.15, -0.1) is 11.3 Å². The molecule has 0 fully saturated rings. The predicted molar refractivity (Wildman–Crippen MR) is 49.2 cm³/mol. The summed E-state index contributed by atoms with van der Waals surface area (Å²) in [5.74, 6) is 0. The zero-order valence-corrected chi connectivity index (χ0v) is 8.37. The van der Waals surface area contributed by atoms with Crippen LogP contribution in [0, 0.1) is 6.92 Å². The van der Waals surface area contributed by atoms with Crippen LogP contribution in [0.1, 0.15) is 28.9 Å². The molecule has 0 spiro atoms. The van der Waals surface area contributed by atoms with Crippen LogP contribution in [0.15, 0.2) is 0 Å². The van der Waals surface area contributed by atoms with Crippen molar-refractivity contribution in [3.05, 3.63) is 15.6 Å². The summed E-state index contributed by atoms with van der Waals surface area (Å²) >= 11 is 1.05. The first-order chi connectivity index (χ1) is 6.00. The average Bonchev–Trinajstić information content (AvgIpc) is 2.29. The summed E-state index contributed by atoms with van der Waals surface area (Å²) < 4.78 is 24.6. The number of nitrogens with zero attached hydrogens (tertiary/aromatic N) is 1. The Morgan fingerprint density at radius 3 is 2.54 bits per heavy atom. The molecule has 2 N–H and O–H groups in total. The van der Waals surface area contributed by atoms with Gasteiger partial charge in [0.25, 0.3) is 6.43 Å². The van der Waals surface area contributed by atoms with Crippen LogP contribution >= 0.6 is 11.3 Å². The topological polar surface area (TPSA) is 38.9 Å². The number of thiazole rings is 1. The highest BCUT2D eigenvalue weighted by molar-refractivity contribution is 7.11. The fraction of sp³-hybridized carbons (Fsp3) is 0.625. The lowest BCUT2D eigenvalue weighted by atomic mass is 10.3. The molecule has 1 aromatic heterocycles. The molecule has 1 atom stereocenters. The van der Waals surface area contributed by atoms with Gasteiger partial charge in [0.15, 0.2) is 0 Å². The highest BCUT2D eigenvalue weighted by atomic mass is 32.1. The maximum atomic E-state index is 12.3. The van der Waals surface area contributed by atoms with Crippen LogP contribution in [0.5, 0.6) is 0 Å². The molecule has 1 aromatic rings. The number of aromatic nitrogens is 1. The smallest absolute Gasteiger partial charge is 0.274 e. The zero-order valence-electron chi connectivity index (χ0n) is 7.55. The van der Waals surface area contributed by atoms with Gasteiger partial charge in [0.2, 0.25) is 0 Å². The van der Waals surface area contributed by atoms with E-state index in [0.29, 0.717) is 17.1 Å². The summed E-state index contributed by atoms with van der Waals surface area (Å²) in [5.41, 5.74) is 5.97. The van der Waals surface area contributed by atoms with Crippen LogP contribution in [0.2, 0.25) is 0 Å². The summed E-state index contributed by atoms with van der Waals surface area (Å²) in [6.07, 6.45) is -1.85. The molecule has 0 bridgehead atoms. The van der Waals surface area contributed by atoms with Gasteiger partial charge in [0.1, 0.15) is 0 Å². The number of aryl methyl sites for hydroxylation is 1. The van der Waals surface area contributed by atoms with Crippen molar-refractivity contribution in [2.75, 3.05) is 0 Å². The minimum absolute atomic E-state index is 0.0314. The summed E-state index contributed by atoms with van der Waals surface area (Å²) in [6, 6.07) is -0.0314. The number of nitrogens with two attached hydrogens (primary N) is 1. The summed E-state index contributed by atoms with van der Waals surface area (Å²) in [5, 5.41) is 0.697. The molecule has 0 aliphatic carbocycles. The first kappa shape index (κ1) is 10.5. The summed E-state index contributed by atoms with van der Waals surface area (Å²) in [7, 11) is 0. The van der Waals surface area contributed by atoms with Crippen molar-refractivity contribution in [3.63, 3.8) is 0 Å². The number of hydrogen-bond acceptors (Lipinski definition) is 3. The Morgan fingerprint density at radius 2 is 2.15 bits per heavy atom. The van der Waals surface area contributed by atoms with Gasteiger partial charge in [0, 0.05) is 12.5 Å². The van der Waals surface area contributed by atoms with Crippen molar-refractivity contribution in [1.29, 1.82) is 0 Å². The molecule has 0 saturated carbocycles. The molecule has 0 saturated heterocycles. The van der Waals surface area contributed by atoms with Gasteiger partial charge in [-0.3, -0.25) is 0 Å². The molecule has 1 unspecified atom stereocenters. The zero-order chi connectivity index (χ0) is 10.0. The van der Waals surface area contributed by atoms with Crippen LogP contribution in [-0.4, -0.2) is 11.0 Å².